The smallest absolute Gasteiger partial charge is 0.252 e. The van der Waals surface area contributed by atoms with E-state index >= 15 is 0 Å². The molecular formula is C18H22N2O3S. The Morgan fingerprint density at radius 1 is 1.25 bits per heavy atom. The molecule has 0 spiro atoms. The maximum Gasteiger partial charge on any atom is 0.252 e. The molecule has 0 aliphatic heterocycles. The lowest BCUT2D eigenvalue weighted by molar-refractivity contribution is -0.113. The number of ether oxygens (including phenoxy) is 1. The molecule has 6 heteroatoms. The number of benzene rings is 1. The van der Waals surface area contributed by atoms with E-state index in [1.807, 2.05) is 26.8 Å². The zero-order valence-corrected chi connectivity index (χ0v) is 15.1. The van der Waals surface area contributed by atoms with Crippen molar-refractivity contribution >= 4 is 33.7 Å². The van der Waals surface area contributed by atoms with E-state index in [0.717, 1.165) is 10.3 Å². The summed E-state index contributed by atoms with van der Waals surface area (Å²) in [7, 11) is 1.60. The molecule has 1 N–H and O–H groups in total. The summed E-state index contributed by atoms with van der Waals surface area (Å²) in [6.45, 7) is 6.06. The predicted octanol–water partition coefficient (Wildman–Crippen LogP) is 3.27. The van der Waals surface area contributed by atoms with E-state index in [1.165, 1.54) is 11.8 Å². The first-order valence-corrected chi connectivity index (χ1v) is 8.65. The Balaban J connectivity index is 2.37. The summed E-state index contributed by atoms with van der Waals surface area (Å²) >= 11 is 1.17. The van der Waals surface area contributed by atoms with E-state index in [1.54, 1.807) is 31.5 Å². The highest BCUT2D eigenvalue weighted by Gasteiger charge is 2.17. The van der Waals surface area contributed by atoms with Crippen molar-refractivity contribution in [2.24, 2.45) is 5.92 Å². The highest BCUT2D eigenvalue weighted by Crippen LogP contribution is 2.30. The van der Waals surface area contributed by atoms with Crippen LogP contribution < -0.4 is 5.32 Å². The molecule has 0 aliphatic carbocycles. The fourth-order valence-corrected chi connectivity index (χ4v) is 3.09. The number of rotatable bonds is 6. The fraction of sp³-hybridized carbons (Fsp3) is 0.389. The zero-order chi connectivity index (χ0) is 17.7. The van der Waals surface area contributed by atoms with Crippen molar-refractivity contribution in [1.82, 2.24) is 10.3 Å². The molecule has 1 aromatic heterocycles. The highest BCUT2D eigenvalue weighted by atomic mass is 32.2. The van der Waals surface area contributed by atoms with E-state index in [-0.39, 0.29) is 23.0 Å². The molecule has 128 valence electrons. The van der Waals surface area contributed by atoms with Crippen LogP contribution in [0.2, 0.25) is 0 Å². The Bertz CT molecular complexity index is 746. The van der Waals surface area contributed by atoms with Gasteiger partial charge in [-0.3, -0.25) is 14.6 Å². The van der Waals surface area contributed by atoms with E-state index < -0.39 is 0 Å². The van der Waals surface area contributed by atoms with Gasteiger partial charge in [0, 0.05) is 41.1 Å². The average Bonchev–Trinajstić information content (AvgIpc) is 2.55. The number of hydrogen-bond donors (Lipinski definition) is 1. The van der Waals surface area contributed by atoms with Crippen molar-refractivity contribution < 1.29 is 14.3 Å². The lowest BCUT2D eigenvalue weighted by Crippen LogP contribution is -2.35. The molecule has 2 aromatic rings. The number of aromatic nitrogens is 1. The Kier molecular flexibility index (Phi) is 6.34. The minimum atomic E-state index is -0.177. The van der Waals surface area contributed by atoms with E-state index in [0.29, 0.717) is 17.7 Å². The number of fused-ring (bicyclic) bond motifs is 1. The second-order valence-corrected chi connectivity index (χ2v) is 6.96. The van der Waals surface area contributed by atoms with Crippen LogP contribution in [0.1, 0.15) is 31.1 Å². The van der Waals surface area contributed by atoms with Crippen molar-refractivity contribution in [3.8, 4) is 0 Å². The quantitative estimate of drug-likeness (QED) is 0.813. The van der Waals surface area contributed by atoms with Crippen LogP contribution in [-0.2, 0) is 9.53 Å². The second kappa shape index (κ2) is 8.26. The van der Waals surface area contributed by atoms with Gasteiger partial charge in [0.2, 0.25) is 0 Å². The van der Waals surface area contributed by atoms with Gasteiger partial charge in [0.1, 0.15) is 0 Å². The number of methoxy groups -OCH3 is 1. The van der Waals surface area contributed by atoms with Crippen molar-refractivity contribution in [3.63, 3.8) is 0 Å². The number of carbonyl (C=O) groups is 2. The molecule has 0 radical (unpaired) electrons. The number of carbonyl (C=O) groups excluding carboxylic acids is 2. The lowest BCUT2D eigenvalue weighted by atomic mass is 10.1. The minimum Gasteiger partial charge on any atom is -0.383 e. The van der Waals surface area contributed by atoms with E-state index in [9.17, 15) is 9.59 Å². The summed E-state index contributed by atoms with van der Waals surface area (Å²) in [5.74, 6) is -0.240. The topological polar surface area (TPSA) is 68.3 Å². The van der Waals surface area contributed by atoms with Crippen molar-refractivity contribution in [3.05, 3.63) is 36.0 Å². The SMILES string of the molecule is COCC(C)NC(=O)c1ccc(SC(=O)C(C)C)c2ncccc12. The molecule has 2 rings (SSSR count). The number of nitrogens with one attached hydrogen (secondary N) is 1. The summed E-state index contributed by atoms with van der Waals surface area (Å²) in [5.41, 5.74) is 1.21. The van der Waals surface area contributed by atoms with E-state index in [2.05, 4.69) is 10.3 Å². The predicted molar refractivity (Wildman–Crippen MR) is 96.2 cm³/mol. The van der Waals surface area contributed by atoms with Crippen molar-refractivity contribution in [2.75, 3.05) is 13.7 Å². The third kappa shape index (κ3) is 4.33. The summed E-state index contributed by atoms with van der Waals surface area (Å²) < 4.78 is 5.05. The van der Waals surface area contributed by atoms with Crippen LogP contribution >= 0.6 is 11.8 Å². The van der Waals surface area contributed by atoms with Crippen molar-refractivity contribution in [1.29, 1.82) is 0 Å². The Morgan fingerprint density at radius 3 is 2.67 bits per heavy atom. The average molecular weight is 346 g/mol. The van der Waals surface area contributed by atoms with Crippen LogP contribution in [0.15, 0.2) is 35.4 Å². The van der Waals surface area contributed by atoms with Crippen LogP contribution in [0.3, 0.4) is 0 Å². The summed E-state index contributed by atoms with van der Waals surface area (Å²) in [6, 6.07) is 7.08. The molecule has 24 heavy (non-hydrogen) atoms. The third-order valence-electron chi connectivity index (χ3n) is 3.45. The normalized spacial score (nSPS) is 12.4. The fourth-order valence-electron chi connectivity index (χ4n) is 2.25. The van der Waals surface area contributed by atoms with Crippen LogP contribution in [-0.4, -0.2) is 35.8 Å². The van der Waals surface area contributed by atoms with Gasteiger partial charge in [-0.15, -0.1) is 0 Å². The van der Waals surface area contributed by atoms with Gasteiger partial charge in [0.05, 0.1) is 12.1 Å². The molecule has 0 fully saturated rings. The zero-order valence-electron chi connectivity index (χ0n) is 14.3. The van der Waals surface area contributed by atoms with E-state index in [4.69, 9.17) is 4.74 Å². The van der Waals surface area contributed by atoms with Gasteiger partial charge in [-0.25, -0.2) is 0 Å². The minimum absolute atomic E-state index is 0.0633. The summed E-state index contributed by atoms with van der Waals surface area (Å²) in [6.07, 6.45) is 1.67. The van der Waals surface area contributed by atoms with Crippen LogP contribution in [0.4, 0.5) is 0 Å². The van der Waals surface area contributed by atoms with Crippen molar-refractivity contribution in [2.45, 2.75) is 31.7 Å². The number of thioether (sulfide) groups is 1. The standard InChI is InChI=1S/C18H22N2O3S/c1-11(2)18(22)24-15-8-7-14(13-6-5-9-19-16(13)15)17(21)20-12(3)10-23-4/h5-9,11-12H,10H2,1-4H3,(H,20,21). The van der Waals surface area contributed by atoms with Gasteiger partial charge in [0.15, 0.2) is 5.12 Å². The van der Waals surface area contributed by atoms with Crippen LogP contribution in [0.5, 0.6) is 0 Å². The van der Waals surface area contributed by atoms with Crippen LogP contribution in [0, 0.1) is 5.92 Å². The molecule has 0 bridgehead atoms. The third-order valence-corrected chi connectivity index (χ3v) is 4.68. The van der Waals surface area contributed by atoms with Gasteiger partial charge in [-0.1, -0.05) is 19.9 Å². The molecule has 1 amide bonds. The Labute approximate surface area is 146 Å². The van der Waals surface area contributed by atoms with Gasteiger partial charge < -0.3 is 10.1 Å². The Morgan fingerprint density at radius 2 is 2.00 bits per heavy atom. The Hall–Kier alpha value is -1.92. The van der Waals surface area contributed by atoms with Gasteiger partial charge in [-0.2, -0.15) is 0 Å². The molecule has 1 aromatic carbocycles. The van der Waals surface area contributed by atoms with Crippen LogP contribution in [0.25, 0.3) is 10.9 Å². The lowest BCUT2D eigenvalue weighted by Gasteiger charge is -2.15. The maximum atomic E-state index is 12.5. The van der Waals surface area contributed by atoms with Gasteiger partial charge in [-0.05, 0) is 36.9 Å². The molecule has 1 unspecified atom stereocenters. The summed E-state index contributed by atoms with van der Waals surface area (Å²) in [4.78, 5) is 29.7. The maximum absolute atomic E-state index is 12.5. The molecule has 1 heterocycles. The largest absolute Gasteiger partial charge is 0.383 e. The molecule has 5 nitrogen and oxygen atoms in total. The number of pyridine rings is 1. The first-order valence-electron chi connectivity index (χ1n) is 7.83. The molecular weight excluding hydrogens is 324 g/mol. The number of hydrogen-bond acceptors (Lipinski definition) is 5. The highest BCUT2D eigenvalue weighted by molar-refractivity contribution is 8.13. The number of amides is 1. The van der Waals surface area contributed by atoms with Gasteiger partial charge >= 0.3 is 0 Å². The summed E-state index contributed by atoms with van der Waals surface area (Å²) in [5, 5.41) is 3.72. The monoisotopic (exact) mass is 346 g/mol. The van der Waals surface area contributed by atoms with Gasteiger partial charge in [0.25, 0.3) is 5.91 Å². The molecule has 0 saturated heterocycles. The first kappa shape index (κ1) is 18.4. The number of nitrogens with zero attached hydrogens (tertiary/aromatic N) is 1. The molecule has 1 atom stereocenters. The first-order chi connectivity index (χ1) is 11.4. The molecule has 0 aliphatic rings. The molecule has 0 saturated carbocycles. The second-order valence-electron chi connectivity index (χ2n) is 5.92.